The van der Waals surface area contributed by atoms with Gasteiger partial charge in [0.25, 0.3) is 5.91 Å². The molecule has 7 nitrogen and oxygen atoms in total. The van der Waals surface area contributed by atoms with E-state index in [2.05, 4.69) is 5.32 Å². The molecule has 1 saturated heterocycles. The highest BCUT2D eigenvalue weighted by atomic mass is 16.5. The van der Waals surface area contributed by atoms with Crippen molar-refractivity contribution in [3.05, 3.63) is 64.5 Å². The third kappa shape index (κ3) is 3.22. The average Bonchev–Trinajstić information content (AvgIpc) is 3.13. The van der Waals surface area contributed by atoms with Crippen LogP contribution in [0.2, 0.25) is 0 Å². The number of nitrogens with zero attached hydrogens (tertiary/aromatic N) is 1. The number of anilines is 2. The highest BCUT2D eigenvalue weighted by Gasteiger charge is 2.24. The van der Waals surface area contributed by atoms with Crippen LogP contribution >= 0.6 is 0 Å². The summed E-state index contributed by atoms with van der Waals surface area (Å²) in [6, 6.07) is 13.0. The van der Waals surface area contributed by atoms with Crippen molar-refractivity contribution in [2.75, 3.05) is 23.9 Å². The molecule has 0 unspecified atom stereocenters. The number of nitrogens with one attached hydrogen (secondary N) is 1. The summed E-state index contributed by atoms with van der Waals surface area (Å²) in [5.74, 6) is -0.0996. The first-order valence-corrected chi connectivity index (χ1v) is 8.89. The normalized spacial score (nSPS) is 13.8. The number of methoxy groups -OCH3 is 1. The van der Waals surface area contributed by atoms with Crippen molar-refractivity contribution in [1.82, 2.24) is 0 Å². The standard InChI is InChI=1S/C21H18N2O5/c1-27-18-11-13(8-9-15(18)23-10-4-7-20(23)25)22-21(26)19-12-16(24)14-5-2-3-6-17(14)28-19/h2-3,5-6,8-9,11-12H,4,7,10H2,1H3,(H,22,26). The van der Waals surface area contributed by atoms with Crippen LogP contribution in [0.25, 0.3) is 11.0 Å². The van der Waals surface area contributed by atoms with Gasteiger partial charge in [-0.15, -0.1) is 0 Å². The van der Waals surface area contributed by atoms with Crippen LogP contribution in [0.15, 0.2) is 57.7 Å². The maximum atomic E-state index is 12.6. The highest BCUT2D eigenvalue weighted by molar-refractivity contribution is 6.03. The van der Waals surface area contributed by atoms with Gasteiger partial charge < -0.3 is 19.4 Å². The number of carbonyl (C=O) groups is 2. The monoisotopic (exact) mass is 378 g/mol. The first kappa shape index (κ1) is 17.8. The zero-order valence-corrected chi connectivity index (χ0v) is 15.2. The topological polar surface area (TPSA) is 88.8 Å². The molecule has 0 radical (unpaired) electrons. The van der Waals surface area contributed by atoms with Crippen LogP contribution in [0.5, 0.6) is 5.75 Å². The predicted octanol–water partition coefficient (Wildman–Crippen LogP) is 3.18. The maximum absolute atomic E-state index is 12.6. The SMILES string of the molecule is COc1cc(NC(=O)c2cc(=O)c3ccccc3o2)ccc1N1CCCC1=O. The van der Waals surface area contributed by atoms with Gasteiger partial charge in [0, 0.05) is 30.8 Å². The Hall–Kier alpha value is -3.61. The van der Waals surface area contributed by atoms with Gasteiger partial charge in [0.15, 0.2) is 11.2 Å². The Morgan fingerprint density at radius 1 is 1.14 bits per heavy atom. The molecule has 0 spiro atoms. The Morgan fingerprint density at radius 3 is 2.71 bits per heavy atom. The number of carbonyl (C=O) groups excluding carboxylic acids is 2. The third-order valence-corrected chi connectivity index (χ3v) is 4.66. The fraction of sp³-hybridized carbons (Fsp3) is 0.190. The van der Waals surface area contributed by atoms with E-state index in [0.717, 1.165) is 6.42 Å². The summed E-state index contributed by atoms with van der Waals surface area (Å²) in [6.07, 6.45) is 1.32. The van der Waals surface area contributed by atoms with Gasteiger partial charge in [0.05, 0.1) is 18.2 Å². The fourth-order valence-electron chi connectivity index (χ4n) is 3.29. The Balaban J connectivity index is 1.61. The van der Waals surface area contributed by atoms with Crippen LogP contribution in [0, 0.1) is 0 Å². The summed E-state index contributed by atoms with van der Waals surface area (Å²) >= 11 is 0. The van der Waals surface area contributed by atoms with E-state index in [1.807, 2.05) is 0 Å². The summed E-state index contributed by atoms with van der Waals surface area (Å²) in [6.45, 7) is 0.642. The highest BCUT2D eigenvalue weighted by Crippen LogP contribution is 2.34. The summed E-state index contributed by atoms with van der Waals surface area (Å²) in [7, 11) is 1.51. The van der Waals surface area contributed by atoms with Crippen molar-refractivity contribution in [2.24, 2.45) is 0 Å². The van der Waals surface area contributed by atoms with Crippen LogP contribution < -0.4 is 20.4 Å². The molecule has 0 bridgehead atoms. The van der Waals surface area contributed by atoms with Crippen molar-refractivity contribution in [3.8, 4) is 5.75 Å². The minimum absolute atomic E-state index is 0.0491. The van der Waals surface area contributed by atoms with Crippen molar-refractivity contribution in [2.45, 2.75) is 12.8 Å². The number of ether oxygens (including phenoxy) is 1. The van der Waals surface area contributed by atoms with Crippen LogP contribution in [0.3, 0.4) is 0 Å². The second-order valence-electron chi connectivity index (χ2n) is 6.46. The quantitative estimate of drug-likeness (QED) is 0.753. The first-order chi connectivity index (χ1) is 13.6. The van der Waals surface area contributed by atoms with Gasteiger partial charge in [0.1, 0.15) is 11.3 Å². The second-order valence-corrected chi connectivity index (χ2v) is 6.46. The largest absolute Gasteiger partial charge is 0.494 e. The molecular weight excluding hydrogens is 360 g/mol. The molecule has 0 atom stereocenters. The second kappa shape index (κ2) is 7.19. The lowest BCUT2D eigenvalue weighted by Crippen LogP contribution is -2.24. The average molecular weight is 378 g/mol. The van der Waals surface area contributed by atoms with Gasteiger partial charge in [-0.3, -0.25) is 14.4 Å². The van der Waals surface area contributed by atoms with E-state index in [1.54, 1.807) is 47.4 Å². The van der Waals surface area contributed by atoms with Gasteiger partial charge >= 0.3 is 0 Å². The Bertz CT molecular complexity index is 1140. The van der Waals surface area contributed by atoms with Crippen LogP contribution in [-0.2, 0) is 4.79 Å². The molecule has 28 heavy (non-hydrogen) atoms. The Morgan fingerprint density at radius 2 is 1.96 bits per heavy atom. The van der Waals surface area contributed by atoms with E-state index in [-0.39, 0.29) is 17.1 Å². The van der Waals surface area contributed by atoms with Crippen molar-refractivity contribution < 1.29 is 18.7 Å². The zero-order chi connectivity index (χ0) is 19.7. The number of hydrogen-bond acceptors (Lipinski definition) is 5. The summed E-state index contributed by atoms with van der Waals surface area (Å²) in [4.78, 5) is 38.4. The van der Waals surface area contributed by atoms with E-state index >= 15 is 0 Å². The zero-order valence-electron chi connectivity index (χ0n) is 15.2. The fourth-order valence-corrected chi connectivity index (χ4v) is 3.29. The van der Waals surface area contributed by atoms with E-state index in [1.165, 1.54) is 13.2 Å². The van der Waals surface area contributed by atoms with Gasteiger partial charge in [-0.05, 0) is 30.7 Å². The van der Waals surface area contributed by atoms with Gasteiger partial charge in [-0.2, -0.15) is 0 Å². The number of amides is 2. The smallest absolute Gasteiger partial charge is 0.291 e. The predicted molar refractivity (Wildman–Crippen MR) is 105 cm³/mol. The summed E-state index contributed by atoms with van der Waals surface area (Å²) in [5.41, 5.74) is 1.20. The molecule has 7 heteroatoms. The maximum Gasteiger partial charge on any atom is 0.291 e. The van der Waals surface area contributed by atoms with Gasteiger partial charge in [0.2, 0.25) is 5.91 Å². The number of para-hydroxylation sites is 1. The van der Waals surface area contributed by atoms with Crippen molar-refractivity contribution >= 4 is 34.2 Å². The third-order valence-electron chi connectivity index (χ3n) is 4.66. The van der Waals surface area contributed by atoms with E-state index in [0.29, 0.717) is 41.1 Å². The van der Waals surface area contributed by atoms with Gasteiger partial charge in [-0.25, -0.2) is 0 Å². The van der Waals surface area contributed by atoms with Gasteiger partial charge in [-0.1, -0.05) is 12.1 Å². The molecule has 0 aliphatic carbocycles. The molecular formula is C21H18N2O5. The lowest BCUT2D eigenvalue weighted by molar-refractivity contribution is -0.117. The van der Waals surface area contributed by atoms with Crippen LogP contribution in [0.4, 0.5) is 11.4 Å². The van der Waals surface area contributed by atoms with Crippen LogP contribution in [-0.4, -0.2) is 25.5 Å². The molecule has 1 fully saturated rings. The number of hydrogen-bond donors (Lipinski definition) is 1. The van der Waals surface area contributed by atoms with E-state index in [4.69, 9.17) is 9.15 Å². The molecule has 0 saturated carbocycles. The molecule has 1 aliphatic heterocycles. The molecule has 2 heterocycles. The molecule has 3 aromatic rings. The van der Waals surface area contributed by atoms with E-state index < -0.39 is 5.91 Å². The lowest BCUT2D eigenvalue weighted by Gasteiger charge is -2.19. The first-order valence-electron chi connectivity index (χ1n) is 8.89. The minimum atomic E-state index is -0.546. The number of rotatable bonds is 4. The van der Waals surface area contributed by atoms with Crippen LogP contribution in [0.1, 0.15) is 23.4 Å². The Labute approximate surface area is 160 Å². The molecule has 2 aromatic carbocycles. The molecule has 2 amide bonds. The molecule has 1 aliphatic rings. The summed E-state index contributed by atoms with van der Waals surface area (Å²) in [5, 5.41) is 3.12. The molecule has 4 rings (SSSR count). The van der Waals surface area contributed by atoms with Crippen molar-refractivity contribution in [1.29, 1.82) is 0 Å². The lowest BCUT2D eigenvalue weighted by atomic mass is 10.2. The Kier molecular flexibility index (Phi) is 4.57. The minimum Gasteiger partial charge on any atom is -0.494 e. The number of fused-ring (bicyclic) bond motifs is 1. The number of benzene rings is 2. The molecule has 1 aromatic heterocycles. The van der Waals surface area contributed by atoms with E-state index in [9.17, 15) is 14.4 Å². The van der Waals surface area contributed by atoms with Crippen molar-refractivity contribution in [3.63, 3.8) is 0 Å². The summed E-state index contributed by atoms with van der Waals surface area (Å²) < 4.78 is 10.9. The molecule has 142 valence electrons. The molecule has 1 N–H and O–H groups in total.